The Bertz CT molecular complexity index is 602. The summed E-state index contributed by atoms with van der Waals surface area (Å²) in [5, 5.41) is 0. The van der Waals surface area contributed by atoms with Crippen LogP contribution in [0.3, 0.4) is 0 Å². The zero-order valence-electron chi connectivity index (χ0n) is 12.0. The van der Waals surface area contributed by atoms with Gasteiger partial charge in [0.15, 0.2) is 0 Å². The standard InChI is InChI=1S/C13H19BrN2O3S/c1-5-16(4)13(17)10(3)15-20(18,19)12-7-6-9(2)8-11(12)14/h6-8,10,15H,5H2,1-4H3. The third kappa shape index (κ3) is 4.04. The molecule has 0 aliphatic rings. The number of carbonyl (C=O) groups is 1. The Labute approximate surface area is 128 Å². The number of benzene rings is 1. The van der Waals surface area contributed by atoms with Gasteiger partial charge in [0.2, 0.25) is 15.9 Å². The maximum absolute atomic E-state index is 12.3. The number of nitrogens with zero attached hydrogens (tertiary/aromatic N) is 1. The molecule has 5 nitrogen and oxygen atoms in total. The van der Waals surface area contributed by atoms with E-state index in [-0.39, 0.29) is 10.8 Å². The molecule has 20 heavy (non-hydrogen) atoms. The largest absolute Gasteiger partial charge is 0.345 e. The summed E-state index contributed by atoms with van der Waals surface area (Å²) < 4.78 is 27.4. The van der Waals surface area contributed by atoms with Crippen LogP contribution in [0.2, 0.25) is 0 Å². The molecule has 0 aliphatic heterocycles. The van der Waals surface area contributed by atoms with Crippen LogP contribution in [0, 0.1) is 6.92 Å². The van der Waals surface area contributed by atoms with Crippen LogP contribution in [0.15, 0.2) is 27.6 Å². The van der Waals surface area contributed by atoms with Crippen molar-refractivity contribution in [2.45, 2.75) is 31.7 Å². The summed E-state index contributed by atoms with van der Waals surface area (Å²) in [6.45, 7) is 5.76. The van der Waals surface area contributed by atoms with Crippen LogP contribution >= 0.6 is 15.9 Å². The van der Waals surface area contributed by atoms with E-state index in [1.165, 1.54) is 17.9 Å². The Morgan fingerprint density at radius 1 is 1.45 bits per heavy atom. The van der Waals surface area contributed by atoms with Gasteiger partial charge in [-0.2, -0.15) is 4.72 Å². The number of hydrogen-bond acceptors (Lipinski definition) is 3. The molecule has 0 fully saturated rings. The molecule has 0 heterocycles. The van der Waals surface area contributed by atoms with E-state index in [0.29, 0.717) is 11.0 Å². The van der Waals surface area contributed by atoms with Crippen molar-refractivity contribution >= 4 is 31.9 Å². The fourth-order valence-corrected chi connectivity index (χ4v) is 4.05. The second-order valence-corrected chi connectivity index (χ2v) is 7.17. The summed E-state index contributed by atoms with van der Waals surface area (Å²) in [4.78, 5) is 13.5. The maximum Gasteiger partial charge on any atom is 0.242 e. The first-order chi connectivity index (χ1) is 9.19. The molecule has 1 unspecified atom stereocenters. The number of likely N-dealkylation sites (N-methyl/N-ethyl adjacent to an activating group) is 1. The van der Waals surface area contributed by atoms with Gasteiger partial charge in [-0.15, -0.1) is 0 Å². The van der Waals surface area contributed by atoms with Crippen LogP contribution in [0.1, 0.15) is 19.4 Å². The Balaban J connectivity index is 2.98. The molecule has 112 valence electrons. The minimum Gasteiger partial charge on any atom is -0.345 e. The average molecular weight is 363 g/mol. The summed E-state index contributed by atoms with van der Waals surface area (Å²) in [6, 6.07) is 4.14. The quantitative estimate of drug-likeness (QED) is 0.869. The lowest BCUT2D eigenvalue weighted by atomic mass is 10.2. The summed E-state index contributed by atoms with van der Waals surface area (Å²) in [6.07, 6.45) is 0. The van der Waals surface area contributed by atoms with Gasteiger partial charge in [-0.05, 0) is 54.4 Å². The fourth-order valence-electron chi connectivity index (χ4n) is 1.66. The van der Waals surface area contributed by atoms with E-state index in [9.17, 15) is 13.2 Å². The zero-order chi connectivity index (χ0) is 15.5. The second kappa shape index (κ2) is 6.69. The first kappa shape index (κ1) is 17.1. The summed E-state index contributed by atoms with van der Waals surface area (Å²) in [5.74, 6) is -0.265. The lowest BCUT2D eigenvalue weighted by Crippen LogP contribution is -2.45. The predicted molar refractivity (Wildman–Crippen MR) is 82.0 cm³/mol. The summed E-state index contributed by atoms with van der Waals surface area (Å²) in [7, 11) is -2.10. The van der Waals surface area contributed by atoms with Crippen molar-refractivity contribution in [3.05, 3.63) is 28.2 Å². The third-order valence-electron chi connectivity index (χ3n) is 2.93. The van der Waals surface area contributed by atoms with Crippen LogP contribution in [0.4, 0.5) is 0 Å². The van der Waals surface area contributed by atoms with Crippen LogP contribution in [-0.4, -0.2) is 38.9 Å². The molecule has 1 rings (SSSR count). The predicted octanol–water partition coefficient (Wildman–Crippen LogP) is 1.90. The fraction of sp³-hybridized carbons (Fsp3) is 0.462. The number of amides is 1. The van der Waals surface area contributed by atoms with Crippen molar-refractivity contribution in [1.29, 1.82) is 0 Å². The Kier molecular flexibility index (Phi) is 5.73. The molecule has 0 radical (unpaired) electrons. The molecule has 0 aromatic heterocycles. The Morgan fingerprint density at radius 3 is 2.55 bits per heavy atom. The van der Waals surface area contributed by atoms with E-state index >= 15 is 0 Å². The number of carbonyl (C=O) groups excluding carboxylic acids is 1. The van der Waals surface area contributed by atoms with Crippen LogP contribution in [0.25, 0.3) is 0 Å². The van der Waals surface area contributed by atoms with Crippen molar-refractivity contribution < 1.29 is 13.2 Å². The molecule has 1 amide bonds. The number of hydrogen-bond donors (Lipinski definition) is 1. The lowest BCUT2D eigenvalue weighted by molar-refractivity contribution is -0.131. The van der Waals surface area contributed by atoms with Gasteiger partial charge in [0, 0.05) is 18.1 Å². The Morgan fingerprint density at radius 2 is 2.05 bits per heavy atom. The molecule has 7 heteroatoms. The van der Waals surface area contributed by atoms with Gasteiger partial charge >= 0.3 is 0 Å². The van der Waals surface area contributed by atoms with Gasteiger partial charge in [0.25, 0.3) is 0 Å². The van der Waals surface area contributed by atoms with E-state index in [4.69, 9.17) is 0 Å². The highest BCUT2D eigenvalue weighted by atomic mass is 79.9. The van der Waals surface area contributed by atoms with Gasteiger partial charge in [-0.1, -0.05) is 6.07 Å². The van der Waals surface area contributed by atoms with Gasteiger partial charge in [-0.3, -0.25) is 4.79 Å². The minimum absolute atomic E-state index is 0.127. The molecule has 1 atom stereocenters. The van der Waals surface area contributed by atoms with E-state index in [1.54, 1.807) is 19.2 Å². The van der Waals surface area contributed by atoms with Crippen LogP contribution in [0.5, 0.6) is 0 Å². The minimum atomic E-state index is -3.74. The van der Waals surface area contributed by atoms with E-state index in [2.05, 4.69) is 20.7 Å². The monoisotopic (exact) mass is 362 g/mol. The topological polar surface area (TPSA) is 66.5 Å². The number of halogens is 1. The third-order valence-corrected chi connectivity index (χ3v) is 5.45. The first-order valence-corrected chi connectivity index (χ1v) is 8.50. The summed E-state index contributed by atoms with van der Waals surface area (Å²) >= 11 is 3.24. The zero-order valence-corrected chi connectivity index (χ0v) is 14.4. The number of nitrogens with one attached hydrogen (secondary N) is 1. The van der Waals surface area contributed by atoms with Crippen molar-refractivity contribution in [2.75, 3.05) is 13.6 Å². The molecule has 0 bridgehead atoms. The normalized spacial score (nSPS) is 13.1. The lowest BCUT2D eigenvalue weighted by Gasteiger charge is -2.20. The molecule has 1 aromatic carbocycles. The molecule has 0 saturated carbocycles. The maximum atomic E-state index is 12.3. The summed E-state index contributed by atoms with van der Waals surface area (Å²) in [5.41, 5.74) is 0.950. The molecular weight excluding hydrogens is 344 g/mol. The van der Waals surface area contributed by atoms with E-state index in [1.807, 2.05) is 13.8 Å². The molecule has 0 saturated heterocycles. The van der Waals surface area contributed by atoms with Crippen molar-refractivity contribution in [3.63, 3.8) is 0 Å². The van der Waals surface area contributed by atoms with E-state index < -0.39 is 16.1 Å². The van der Waals surface area contributed by atoms with Gasteiger partial charge in [0.05, 0.1) is 10.9 Å². The van der Waals surface area contributed by atoms with Crippen molar-refractivity contribution in [3.8, 4) is 0 Å². The number of aryl methyl sites for hydroxylation is 1. The smallest absolute Gasteiger partial charge is 0.242 e. The Hall–Kier alpha value is -0.920. The molecule has 1 aromatic rings. The van der Waals surface area contributed by atoms with Gasteiger partial charge in [-0.25, -0.2) is 8.42 Å². The number of sulfonamides is 1. The van der Waals surface area contributed by atoms with Crippen LogP contribution in [-0.2, 0) is 14.8 Å². The van der Waals surface area contributed by atoms with Crippen molar-refractivity contribution in [2.24, 2.45) is 0 Å². The van der Waals surface area contributed by atoms with E-state index in [0.717, 1.165) is 5.56 Å². The molecule has 1 N–H and O–H groups in total. The highest BCUT2D eigenvalue weighted by Gasteiger charge is 2.25. The molecule has 0 aliphatic carbocycles. The van der Waals surface area contributed by atoms with Crippen LogP contribution < -0.4 is 4.72 Å². The molecular formula is C13H19BrN2O3S. The molecule has 0 spiro atoms. The van der Waals surface area contributed by atoms with Crippen molar-refractivity contribution in [1.82, 2.24) is 9.62 Å². The average Bonchev–Trinajstić information content (AvgIpc) is 2.35. The first-order valence-electron chi connectivity index (χ1n) is 6.22. The SMILES string of the molecule is CCN(C)C(=O)C(C)NS(=O)(=O)c1ccc(C)cc1Br. The van der Waals surface area contributed by atoms with Gasteiger partial charge in [0.1, 0.15) is 0 Å². The van der Waals surface area contributed by atoms with Gasteiger partial charge < -0.3 is 4.90 Å². The number of rotatable bonds is 5. The highest BCUT2D eigenvalue weighted by molar-refractivity contribution is 9.10. The second-order valence-electron chi connectivity index (χ2n) is 4.63. The highest BCUT2D eigenvalue weighted by Crippen LogP contribution is 2.23.